The van der Waals surface area contributed by atoms with E-state index >= 15 is 0 Å². The molecule has 8 rings (SSSR count). The average Bonchev–Trinajstić information content (AvgIpc) is 3.90. The molecule has 2 N–H and O–H groups in total. The number of hydrogen-bond acceptors (Lipinski definition) is 10. The number of alkyl halides is 7. The van der Waals surface area contributed by atoms with Crippen LogP contribution in [-0.2, 0) is 0 Å². The number of anilines is 2. The normalized spacial score (nSPS) is 16.7. The summed E-state index contributed by atoms with van der Waals surface area (Å²) in [6, 6.07) is 25.2. The lowest BCUT2D eigenvalue weighted by atomic mass is 10.1. The van der Waals surface area contributed by atoms with Crippen molar-refractivity contribution in [2.45, 2.75) is 43.8 Å². The fourth-order valence-electron chi connectivity index (χ4n) is 6.72. The number of para-hydroxylation sites is 6. The maximum atomic E-state index is 13.3. The quantitative estimate of drug-likeness (QED) is 0.131. The van der Waals surface area contributed by atoms with E-state index in [1.54, 1.807) is 12.4 Å². The lowest BCUT2D eigenvalue weighted by molar-refractivity contribution is -0.274. The molecule has 4 aromatic carbocycles. The minimum absolute atomic E-state index is 0.0786. The molecular weight excluding hydrogens is 801 g/mol. The highest BCUT2D eigenvalue weighted by Gasteiger charge is 2.45. The smallest absolute Gasteiger partial charge is 0.427 e. The van der Waals surface area contributed by atoms with Crippen LogP contribution in [0, 0.1) is 0 Å². The minimum atomic E-state index is -4.86. The average molecular weight is 837 g/mol. The van der Waals surface area contributed by atoms with E-state index in [-0.39, 0.29) is 29.8 Å². The fourth-order valence-corrected chi connectivity index (χ4v) is 6.72. The van der Waals surface area contributed by atoms with Gasteiger partial charge in [-0.15, -0.1) is 13.2 Å². The first-order chi connectivity index (χ1) is 28.7. The molecule has 4 heterocycles. The van der Waals surface area contributed by atoms with Crippen molar-refractivity contribution in [1.82, 2.24) is 29.7 Å². The van der Waals surface area contributed by atoms with Gasteiger partial charge in [0, 0.05) is 38.3 Å². The van der Waals surface area contributed by atoms with Crippen molar-refractivity contribution >= 4 is 45.5 Å². The molecule has 2 aliphatic heterocycles. The van der Waals surface area contributed by atoms with Crippen LogP contribution in [0.2, 0.25) is 0 Å². The number of benzene rings is 4. The highest BCUT2D eigenvalue weighted by molar-refractivity contribution is 5.98. The Morgan fingerprint density at radius 2 is 1.00 bits per heavy atom. The van der Waals surface area contributed by atoms with Crippen molar-refractivity contribution in [3.63, 3.8) is 0 Å². The van der Waals surface area contributed by atoms with Crippen LogP contribution in [0.5, 0.6) is 11.5 Å². The number of amides is 2. The molecule has 0 aliphatic carbocycles. The lowest BCUT2D eigenvalue weighted by Gasteiger charge is -2.21. The van der Waals surface area contributed by atoms with Gasteiger partial charge in [0.25, 0.3) is 11.8 Å². The molecule has 0 radical (unpaired) electrons. The summed E-state index contributed by atoms with van der Waals surface area (Å²) in [6.45, 7) is 1.40. The van der Waals surface area contributed by atoms with Crippen LogP contribution in [0.4, 0.5) is 42.4 Å². The number of nitrogens with one attached hydrogen (secondary N) is 2. The second-order valence-electron chi connectivity index (χ2n) is 13.8. The van der Waals surface area contributed by atoms with E-state index < -0.39 is 42.2 Å². The summed E-state index contributed by atoms with van der Waals surface area (Å²) in [4.78, 5) is 46.2. The predicted octanol–water partition coefficient (Wildman–Crippen LogP) is 8.05. The molecule has 2 saturated heterocycles. The molecule has 2 fully saturated rings. The van der Waals surface area contributed by atoms with Gasteiger partial charge in [0.05, 0.1) is 45.6 Å². The molecule has 12 nitrogen and oxygen atoms in total. The predicted molar refractivity (Wildman–Crippen MR) is 206 cm³/mol. The number of ether oxygens (including phenoxy) is 2. The maximum Gasteiger partial charge on any atom is 0.573 e. The number of carbonyl (C=O) groups excluding carboxylic acids is 2. The minimum Gasteiger partial charge on any atom is -0.427 e. The zero-order chi connectivity index (χ0) is 42.4. The first kappa shape index (κ1) is 41.4. The SMILES string of the molecule is O=C(c1ccccc1OC(F)(F)C(F)F)N1CC[C@@H](Nc2cnc3ccccc3n2)C1.O=C(c1ccccc1OC(F)(F)F)N1CC[C@@H](Nc2cnc3ccccc3n2)C1. The van der Waals surface area contributed by atoms with Gasteiger partial charge < -0.3 is 29.9 Å². The Hall–Kier alpha value is -6.79. The number of carbonyl (C=O) groups is 2. The van der Waals surface area contributed by atoms with Gasteiger partial charge in [-0.1, -0.05) is 48.5 Å². The zero-order valence-corrected chi connectivity index (χ0v) is 31.3. The topological polar surface area (TPSA) is 135 Å². The number of nitrogens with zero attached hydrogens (tertiary/aromatic N) is 6. The third-order valence-corrected chi connectivity index (χ3v) is 9.51. The Morgan fingerprint density at radius 3 is 1.43 bits per heavy atom. The van der Waals surface area contributed by atoms with E-state index in [4.69, 9.17) is 0 Å². The van der Waals surface area contributed by atoms with Gasteiger partial charge in [0.15, 0.2) is 0 Å². The van der Waals surface area contributed by atoms with Crippen LogP contribution in [0.1, 0.15) is 33.6 Å². The Morgan fingerprint density at radius 1 is 0.600 bits per heavy atom. The second-order valence-corrected chi connectivity index (χ2v) is 13.8. The second kappa shape index (κ2) is 17.6. The largest absolute Gasteiger partial charge is 0.573 e. The molecule has 2 aliphatic rings. The van der Waals surface area contributed by atoms with E-state index in [0.717, 1.165) is 34.2 Å². The zero-order valence-electron chi connectivity index (χ0n) is 31.3. The number of hydrogen-bond donors (Lipinski definition) is 2. The van der Waals surface area contributed by atoms with Crippen LogP contribution in [0.3, 0.4) is 0 Å². The van der Waals surface area contributed by atoms with E-state index in [1.165, 1.54) is 46.2 Å². The van der Waals surface area contributed by atoms with Crippen LogP contribution in [0.25, 0.3) is 22.1 Å². The van der Waals surface area contributed by atoms with E-state index in [0.29, 0.717) is 44.1 Å². The molecule has 0 bridgehead atoms. The molecule has 312 valence electrons. The molecule has 2 amide bonds. The molecule has 2 atom stereocenters. The first-order valence-corrected chi connectivity index (χ1v) is 18.6. The van der Waals surface area contributed by atoms with E-state index in [1.807, 2.05) is 48.5 Å². The lowest BCUT2D eigenvalue weighted by Crippen LogP contribution is -2.35. The Labute approximate surface area is 337 Å². The molecule has 19 heteroatoms. The van der Waals surface area contributed by atoms with Gasteiger partial charge >= 0.3 is 18.9 Å². The number of fused-ring (bicyclic) bond motifs is 2. The summed E-state index contributed by atoms with van der Waals surface area (Å²) < 4.78 is 97.7. The van der Waals surface area contributed by atoms with E-state index in [2.05, 4.69) is 40.0 Å². The molecule has 6 aromatic rings. The summed E-state index contributed by atoms with van der Waals surface area (Å²) in [7, 11) is 0. The van der Waals surface area contributed by atoms with Crippen molar-refractivity contribution in [3.8, 4) is 11.5 Å². The van der Waals surface area contributed by atoms with Gasteiger partial charge in [0.2, 0.25) is 0 Å². The van der Waals surface area contributed by atoms with Gasteiger partial charge in [-0.05, 0) is 61.4 Å². The first-order valence-electron chi connectivity index (χ1n) is 18.6. The molecule has 0 spiro atoms. The third-order valence-electron chi connectivity index (χ3n) is 9.51. The van der Waals surface area contributed by atoms with Crippen molar-refractivity contribution in [2.24, 2.45) is 0 Å². The van der Waals surface area contributed by atoms with Crippen LogP contribution in [0.15, 0.2) is 109 Å². The standard InChI is InChI=1S/C21H18F4N4O2.C20H17F3N4O2/c22-20(23)21(24,25)31-17-8-4-1-5-14(17)19(30)29-10-9-13(12-29)27-18-11-26-15-6-2-3-7-16(15)28-18;21-20(22,23)29-17-8-4-1-5-14(17)19(28)27-10-9-13(12-27)25-18-11-24-15-6-2-3-7-16(15)26-18/h1-8,11,13,20H,9-10,12H2,(H,27,28);1-8,11,13H,9-10,12H2,(H,25,26)/t2*13-/m11/s1. The Balaban J connectivity index is 0.000000182. The summed E-state index contributed by atoms with van der Waals surface area (Å²) >= 11 is 0. The maximum absolute atomic E-state index is 13.3. The van der Waals surface area contributed by atoms with Gasteiger partial charge in [-0.25, -0.2) is 9.97 Å². The monoisotopic (exact) mass is 836 g/mol. The van der Waals surface area contributed by atoms with Gasteiger partial charge in [-0.2, -0.15) is 17.6 Å². The Bertz CT molecular complexity index is 2480. The molecule has 0 saturated carbocycles. The van der Waals surface area contributed by atoms with Crippen molar-refractivity contribution in [1.29, 1.82) is 0 Å². The summed E-state index contributed by atoms with van der Waals surface area (Å²) in [6.07, 6.45) is -9.11. The van der Waals surface area contributed by atoms with Crippen LogP contribution < -0.4 is 20.1 Å². The van der Waals surface area contributed by atoms with Crippen molar-refractivity contribution < 1.29 is 49.8 Å². The molecule has 0 unspecified atom stereocenters. The highest BCUT2D eigenvalue weighted by Crippen LogP contribution is 2.32. The third kappa shape index (κ3) is 10.1. The van der Waals surface area contributed by atoms with Crippen molar-refractivity contribution in [3.05, 3.63) is 121 Å². The fraction of sp³-hybridized carbons (Fsp3) is 0.268. The summed E-state index contributed by atoms with van der Waals surface area (Å²) in [5.74, 6) is -1.02. The van der Waals surface area contributed by atoms with E-state index in [9.17, 15) is 40.3 Å². The van der Waals surface area contributed by atoms with Crippen molar-refractivity contribution in [2.75, 3.05) is 36.8 Å². The van der Waals surface area contributed by atoms with Crippen LogP contribution in [-0.4, -0.2) is 98.7 Å². The molecule has 2 aromatic heterocycles. The Kier molecular flexibility index (Phi) is 12.1. The summed E-state index contributed by atoms with van der Waals surface area (Å²) in [5, 5.41) is 6.46. The van der Waals surface area contributed by atoms with Crippen LogP contribution >= 0.6 is 0 Å². The van der Waals surface area contributed by atoms with Gasteiger partial charge in [-0.3, -0.25) is 19.6 Å². The number of aromatic nitrogens is 4. The number of rotatable bonds is 10. The van der Waals surface area contributed by atoms with Gasteiger partial charge in [0.1, 0.15) is 23.1 Å². The number of halogens is 7. The number of likely N-dealkylation sites (tertiary alicyclic amines) is 2. The highest BCUT2D eigenvalue weighted by atomic mass is 19.4. The summed E-state index contributed by atoms with van der Waals surface area (Å²) in [5.41, 5.74) is 2.70. The molecular formula is C41H35F7N8O4. The molecule has 60 heavy (non-hydrogen) atoms.